The zero-order valence-corrected chi connectivity index (χ0v) is 23.8. The SMILES string of the molecule is CCCC1=C(/C=C(\C)C(C)C)C(=O)N(Cc2ccc([B][C@@H](CCNC)c3cccs3)cc2)CCN1C. The van der Waals surface area contributed by atoms with Crippen molar-refractivity contribution in [3.05, 3.63) is 75.1 Å². The van der Waals surface area contributed by atoms with Crippen molar-refractivity contribution in [2.24, 2.45) is 5.92 Å². The van der Waals surface area contributed by atoms with Gasteiger partial charge in [-0.05, 0) is 68.2 Å². The lowest BCUT2D eigenvalue weighted by Crippen LogP contribution is -2.34. The number of nitrogens with one attached hydrogen (secondary N) is 1. The highest BCUT2D eigenvalue weighted by molar-refractivity contribution is 7.10. The van der Waals surface area contributed by atoms with Crippen molar-refractivity contribution in [2.75, 3.05) is 33.7 Å². The highest BCUT2D eigenvalue weighted by Crippen LogP contribution is 2.26. The van der Waals surface area contributed by atoms with Crippen LogP contribution in [0.2, 0.25) is 0 Å². The van der Waals surface area contributed by atoms with Crippen molar-refractivity contribution in [3.8, 4) is 0 Å². The van der Waals surface area contributed by atoms with Gasteiger partial charge in [-0.25, -0.2) is 0 Å². The third kappa shape index (κ3) is 7.60. The molecule has 0 saturated heterocycles. The van der Waals surface area contributed by atoms with Crippen LogP contribution < -0.4 is 10.8 Å². The summed E-state index contributed by atoms with van der Waals surface area (Å²) in [6, 6.07) is 13.1. The van der Waals surface area contributed by atoms with Crippen LogP contribution in [0.4, 0.5) is 0 Å². The number of carbonyl (C=O) groups is 1. The van der Waals surface area contributed by atoms with Crippen molar-refractivity contribution >= 4 is 30.0 Å². The van der Waals surface area contributed by atoms with Gasteiger partial charge in [0.1, 0.15) is 0 Å². The molecule has 1 N–H and O–H groups in total. The van der Waals surface area contributed by atoms with E-state index in [1.54, 1.807) is 0 Å². The van der Waals surface area contributed by atoms with Crippen LogP contribution in [-0.2, 0) is 11.3 Å². The van der Waals surface area contributed by atoms with E-state index in [1.807, 2.05) is 23.3 Å². The summed E-state index contributed by atoms with van der Waals surface area (Å²) in [4.78, 5) is 19.5. The molecule has 4 nitrogen and oxygen atoms in total. The van der Waals surface area contributed by atoms with E-state index in [4.69, 9.17) is 0 Å². The van der Waals surface area contributed by atoms with Crippen molar-refractivity contribution in [1.29, 1.82) is 0 Å². The first-order valence-electron chi connectivity index (χ1n) is 13.4. The number of benzene rings is 1. The van der Waals surface area contributed by atoms with Gasteiger partial charge in [0, 0.05) is 37.3 Å². The number of allylic oxidation sites excluding steroid dienone is 2. The van der Waals surface area contributed by atoms with Gasteiger partial charge in [0.2, 0.25) is 0 Å². The average molecular weight is 505 g/mol. The number of thiophene rings is 1. The number of likely N-dealkylation sites (N-methyl/N-ethyl adjacent to an activating group) is 1. The Kier molecular flexibility index (Phi) is 10.9. The van der Waals surface area contributed by atoms with E-state index in [2.05, 4.69) is 100 Å². The fourth-order valence-electron chi connectivity index (χ4n) is 4.56. The van der Waals surface area contributed by atoms with Gasteiger partial charge in [0.05, 0.1) is 5.57 Å². The van der Waals surface area contributed by atoms with Crippen LogP contribution >= 0.6 is 11.3 Å². The predicted molar refractivity (Wildman–Crippen MR) is 156 cm³/mol. The van der Waals surface area contributed by atoms with E-state index in [0.29, 0.717) is 18.3 Å². The summed E-state index contributed by atoms with van der Waals surface area (Å²) in [7, 11) is 6.51. The third-order valence-electron chi connectivity index (χ3n) is 7.12. The molecule has 0 saturated carbocycles. The minimum atomic E-state index is 0.156. The minimum absolute atomic E-state index is 0.156. The van der Waals surface area contributed by atoms with Gasteiger partial charge in [0.25, 0.3) is 5.91 Å². The topological polar surface area (TPSA) is 35.6 Å². The van der Waals surface area contributed by atoms with Crippen LogP contribution in [0.15, 0.2) is 64.7 Å². The molecular formula is C30H43BN3OS. The maximum absolute atomic E-state index is 13.8. The van der Waals surface area contributed by atoms with E-state index < -0.39 is 0 Å². The van der Waals surface area contributed by atoms with Crippen LogP contribution in [-0.4, -0.2) is 56.7 Å². The molecule has 36 heavy (non-hydrogen) atoms. The summed E-state index contributed by atoms with van der Waals surface area (Å²) < 4.78 is 0. The molecule has 1 radical (unpaired) electrons. The molecule has 1 atom stereocenters. The van der Waals surface area contributed by atoms with Crippen LogP contribution in [0.3, 0.4) is 0 Å². The Hall–Kier alpha value is -2.31. The second kappa shape index (κ2) is 13.9. The summed E-state index contributed by atoms with van der Waals surface area (Å²) in [5.41, 5.74) is 5.71. The van der Waals surface area contributed by atoms with Gasteiger partial charge >= 0.3 is 0 Å². The lowest BCUT2D eigenvalue weighted by molar-refractivity contribution is -0.127. The normalized spacial score (nSPS) is 16.1. The quantitative estimate of drug-likeness (QED) is 0.396. The van der Waals surface area contributed by atoms with Crippen LogP contribution in [0.1, 0.15) is 63.2 Å². The largest absolute Gasteiger partial charge is 0.375 e. The molecule has 2 heterocycles. The van der Waals surface area contributed by atoms with Gasteiger partial charge in [-0.2, -0.15) is 0 Å². The molecule has 2 aromatic rings. The molecule has 1 aliphatic rings. The number of carbonyl (C=O) groups excluding carboxylic acids is 1. The standard InChI is InChI=1S/C30H43BN3OS/c1-7-9-28-26(20-23(4)22(2)3)30(35)34(18-17-33(28)6)21-24-11-13-25(14-12-24)31-27(15-16-32-5)29-10-8-19-36-29/h8,10-14,19-20,22,27,32H,7,9,15-18,21H2,1-6H3/b23-20+/t27-/m0/s1. The predicted octanol–water partition coefficient (Wildman–Crippen LogP) is 5.36. The first-order chi connectivity index (χ1) is 17.3. The van der Waals surface area contributed by atoms with Crippen molar-refractivity contribution in [3.63, 3.8) is 0 Å². The molecular weight excluding hydrogens is 461 g/mol. The third-order valence-corrected chi connectivity index (χ3v) is 8.13. The molecule has 1 aliphatic heterocycles. The number of hydrogen-bond donors (Lipinski definition) is 1. The molecule has 1 amide bonds. The van der Waals surface area contributed by atoms with Gasteiger partial charge < -0.3 is 15.1 Å². The second-order valence-corrected chi connectivity index (χ2v) is 11.2. The van der Waals surface area contributed by atoms with E-state index in [0.717, 1.165) is 44.5 Å². The molecule has 0 fully saturated rings. The van der Waals surface area contributed by atoms with E-state index in [1.165, 1.54) is 27.2 Å². The Morgan fingerprint density at radius 1 is 1.19 bits per heavy atom. The smallest absolute Gasteiger partial charge is 0.255 e. The lowest BCUT2D eigenvalue weighted by atomic mass is 9.57. The minimum Gasteiger partial charge on any atom is -0.375 e. The Bertz CT molecular complexity index is 1030. The second-order valence-electron chi connectivity index (χ2n) is 10.2. The van der Waals surface area contributed by atoms with E-state index in [-0.39, 0.29) is 5.91 Å². The number of hydrogen-bond acceptors (Lipinski definition) is 4. The van der Waals surface area contributed by atoms with Gasteiger partial charge in [-0.1, -0.05) is 68.6 Å². The van der Waals surface area contributed by atoms with Crippen molar-refractivity contribution < 1.29 is 4.79 Å². The fourth-order valence-corrected chi connectivity index (χ4v) is 5.39. The van der Waals surface area contributed by atoms with Crippen LogP contribution in [0.5, 0.6) is 0 Å². The summed E-state index contributed by atoms with van der Waals surface area (Å²) in [5.74, 6) is 0.986. The zero-order chi connectivity index (χ0) is 26.1. The molecule has 0 aliphatic carbocycles. The summed E-state index contributed by atoms with van der Waals surface area (Å²) in [6.07, 6.45) is 5.17. The Balaban J connectivity index is 1.77. The zero-order valence-electron chi connectivity index (χ0n) is 23.0. The number of amides is 1. The van der Waals surface area contributed by atoms with Crippen LogP contribution in [0.25, 0.3) is 0 Å². The number of nitrogens with zero attached hydrogens (tertiary/aromatic N) is 2. The Morgan fingerprint density at radius 3 is 2.56 bits per heavy atom. The molecule has 0 bridgehead atoms. The fraction of sp³-hybridized carbons (Fsp3) is 0.500. The van der Waals surface area contributed by atoms with Gasteiger partial charge in [0.15, 0.2) is 7.28 Å². The monoisotopic (exact) mass is 504 g/mol. The van der Waals surface area contributed by atoms with Crippen molar-refractivity contribution in [2.45, 2.75) is 59.3 Å². The first kappa shape index (κ1) is 28.3. The van der Waals surface area contributed by atoms with E-state index in [9.17, 15) is 4.79 Å². The molecule has 1 aromatic heterocycles. The van der Waals surface area contributed by atoms with Crippen LogP contribution in [0, 0.1) is 5.92 Å². The van der Waals surface area contributed by atoms with E-state index >= 15 is 0 Å². The number of rotatable bonds is 12. The summed E-state index contributed by atoms with van der Waals surface area (Å²) in [5, 5.41) is 5.43. The Morgan fingerprint density at radius 2 is 1.94 bits per heavy atom. The molecule has 0 spiro atoms. The molecule has 1 aromatic carbocycles. The molecule has 193 valence electrons. The maximum Gasteiger partial charge on any atom is 0.255 e. The van der Waals surface area contributed by atoms with Gasteiger partial charge in [-0.15, -0.1) is 11.3 Å². The van der Waals surface area contributed by atoms with Crippen molar-refractivity contribution in [1.82, 2.24) is 15.1 Å². The average Bonchev–Trinajstić information content (AvgIpc) is 3.38. The first-order valence-corrected chi connectivity index (χ1v) is 14.3. The highest BCUT2D eigenvalue weighted by atomic mass is 32.1. The Labute approximate surface area is 223 Å². The lowest BCUT2D eigenvalue weighted by Gasteiger charge is -2.22. The highest BCUT2D eigenvalue weighted by Gasteiger charge is 2.26. The summed E-state index contributed by atoms with van der Waals surface area (Å²) in [6.45, 7) is 11.9. The molecule has 6 heteroatoms. The molecule has 3 rings (SSSR count). The summed E-state index contributed by atoms with van der Waals surface area (Å²) >= 11 is 1.82. The van der Waals surface area contributed by atoms with Gasteiger partial charge in [-0.3, -0.25) is 4.79 Å². The molecule has 0 unspecified atom stereocenters. The maximum atomic E-state index is 13.8.